The van der Waals surface area contributed by atoms with Gasteiger partial charge in [0.2, 0.25) is 0 Å². The van der Waals surface area contributed by atoms with Gasteiger partial charge >= 0.3 is 0 Å². The minimum atomic E-state index is 0.698. The monoisotopic (exact) mass is 232 g/mol. The van der Waals surface area contributed by atoms with E-state index in [1.54, 1.807) is 0 Å². The Kier molecular flexibility index (Phi) is 4.55. The van der Waals surface area contributed by atoms with Crippen molar-refractivity contribution in [3.05, 3.63) is 30.1 Å². The van der Waals surface area contributed by atoms with Gasteiger partial charge in [-0.25, -0.2) is 0 Å². The van der Waals surface area contributed by atoms with Gasteiger partial charge in [0.15, 0.2) is 0 Å². The fourth-order valence-corrected chi connectivity index (χ4v) is 2.96. The Labute approximate surface area is 105 Å². The van der Waals surface area contributed by atoms with Crippen LogP contribution >= 0.6 is 0 Å². The maximum Gasteiger partial charge on any atom is 0.0312 e. The van der Waals surface area contributed by atoms with Gasteiger partial charge in [0, 0.05) is 25.0 Å². The number of aromatic nitrogens is 1. The molecule has 0 saturated heterocycles. The van der Waals surface area contributed by atoms with Gasteiger partial charge in [0.1, 0.15) is 0 Å². The van der Waals surface area contributed by atoms with Crippen LogP contribution in [0.2, 0.25) is 0 Å². The van der Waals surface area contributed by atoms with Gasteiger partial charge in [0.05, 0.1) is 0 Å². The molecule has 0 spiro atoms. The van der Waals surface area contributed by atoms with E-state index in [1.807, 2.05) is 18.5 Å². The summed E-state index contributed by atoms with van der Waals surface area (Å²) >= 11 is 0. The lowest BCUT2D eigenvalue weighted by atomic mass is 9.78. The third-order valence-corrected chi connectivity index (χ3v) is 3.97. The van der Waals surface area contributed by atoms with Gasteiger partial charge in [-0.3, -0.25) is 4.98 Å². The zero-order valence-electron chi connectivity index (χ0n) is 11.0. The Morgan fingerprint density at radius 3 is 2.88 bits per heavy atom. The molecule has 2 atom stereocenters. The smallest absolute Gasteiger partial charge is 0.0312 e. The van der Waals surface area contributed by atoms with Crippen molar-refractivity contribution in [2.45, 2.75) is 52.1 Å². The van der Waals surface area contributed by atoms with E-state index < -0.39 is 0 Å². The molecule has 2 unspecified atom stereocenters. The highest BCUT2D eigenvalue weighted by atomic mass is 14.9. The zero-order valence-corrected chi connectivity index (χ0v) is 11.0. The van der Waals surface area contributed by atoms with Crippen LogP contribution in [0.15, 0.2) is 24.5 Å². The Morgan fingerprint density at radius 2 is 2.18 bits per heavy atom. The molecule has 1 aromatic heterocycles. The standard InChI is InChI=1S/C15H24N2/c1-12(2)14-7-3-4-8-15(14)17-11-13-6-5-9-16-10-13/h5-6,9-10,12,14-15,17H,3-4,7-8,11H2,1-2H3. The molecule has 1 heterocycles. The van der Waals surface area contributed by atoms with Gasteiger partial charge < -0.3 is 5.32 Å². The molecular weight excluding hydrogens is 208 g/mol. The van der Waals surface area contributed by atoms with E-state index in [-0.39, 0.29) is 0 Å². The van der Waals surface area contributed by atoms with E-state index in [9.17, 15) is 0 Å². The predicted octanol–water partition coefficient (Wildman–Crippen LogP) is 3.39. The third kappa shape index (κ3) is 3.53. The van der Waals surface area contributed by atoms with E-state index in [4.69, 9.17) is 0 Å². The maximum absolute atomic E-state index is 4.16. The molecule has 0 aromatic carbocycles. The summed E-state index contributed by atoms with van der Waals surface area (Å²) in [6.07, 6.45) is 9.31. The Balaban J connectivity index is 1.88. The van der Waals surface area contributed by atoms with Crippen LogP contribution in [0.5, 0.6) is 0 Å². The first-order valence-corrected chi connectivity index (χ1v) is 6.89. The van der Waals surface area contributed by atoms with Crippen LogP contribution in [0.1, 0.15) is 45.1 Å². The van der Waals surface area contributed by atoms with Crippen molar-refractivity contribution in [1.82, 2.24) is 10.3 Å². The molecule has 0 aliphatic heterocycles. The van der Waals surface area contributed by atoms with Crippen molar-refractivity contribution in [3.8, 4) is 0 Å². The molecule has 1 N–H and O–H groups in total. The highest BCUT2D eigenvalue weighted by Crippen LogP contribution is 2.30. The molecule has 17 heavy (non-hydrogen) atoms. The van der Waals surface area contributed by atoms with Crippen LogP contribution < -0.4 is 5.32 Å². The largest absolute Gasteiger partial charge is 0.310 e. The maximum atomic E-state index is 4.16. The summed E-state index contributed by atoms with van der Waals surface area (Å²) in [5.41, 5.74) is 1.29. The summed E-state index contributed by atoms with van der Waals surface area (Å²) < 4.78 is 0. The van der Waals surface area contributed by atoms with Crippen molar-refractivity contribution in [2.75, 3.05) is 0 Å². The minimum Gasteiger partial charge on any atom is -0.310 e. The zero-order chi connectivity index (χ0) is 12.1. The molecule has 2 heteroatoms. The Morgan fingerprint density at radius 1 is 1.35 bits per heavy atom. The molecule has 0 bridgehead atoms. The number of hydrogen-bond donors (Lipinski definition) is 1. The second-order valence-corrected chi connectivity index (χ2v) is 5.54. The van der Waals surface area contributed by atoms with Crippen LogP contribution in [0, 0.1) is 11.8 Å². The predicted molar refractivity (Wildman–Crippen MR) is 71.7 cm³/mol. The molecule has 1 aromatic rings. The molecule has 0 amide bonds. The second kappa shape index (κ2) is 6.15. The SMILES string of the molecule is CC(C)C1CCCCC1NCc1cccnc1. The highest BCUT2D eigenvalue weighted by molar-refractivity contribution is 5.08. The van der Waals surface area contributed by atoms with Crippen LogP contribution in [-0.2, 0) is 6.54 Å². The van der Waals surface area contributed by atoms with Crippen molar-refractivity contribution < 1.29 is 0 Å². The van der Waals surface area contributed by atoms with Crippen LogP contribution in [0.4, 0.5) is 0 Å². The first-order chi connectivity index (χ1) is 8.27. The molecule has 94 valence electrons. The Hall–Kier alpha value is -0.890. The van der Waals surface area contributed by atoms with Crippen LogP contribution in [-0.4, -0.2) is 11.0 Å². The van der Waals surface area contributed by atoms with Crippen molar-refractivity contribution in [2.24, 2.45) is 11.8 Å². The lowest BCUT2D eigenvalue weighted by Gasteiger charge is -2.35. The lowest BCUT2D eigenvalue weighted by Crippen LogP contribution is -2.40. The third-order valence-electron chi connectivity index (χ3n) is 3.97. The first-order valence-electron chi connectivity index (χ1n) is 6.89. The van der Waals surface area contributed by atoms with Crippen molar-refractivity contribution >= 4 is 0 Å². The molecule has 2 nitrogen and oxygen atoms in total. The second-order valence-electron chi connectivity index (χ2n) is 5.54. The molecular formula is C15H24N2. The summed E-state index contributed by atoms with van der Waals surface area (Å²) in [6.45, 7) is 5.67. The lowest BCUT2D eigenvalue weighted by molar-refractivity contribution is 0.204. The van der Waals surface area contributed by atoms with E-state index in [2.05, 4.69) is 30.2 Å². The number of pyridine rings is 1. The van der Waals surface area contributed by atoms with Gasteiger partial charge in [-0.2, -0.15) is 0 Å². The Bertz CT molecular complexity index is 321. The number of nitrogens with zero attached hydrogens (tertiary/aromatic N) is 1. The molecule has 1 aliphatic rings. The highest BCUT2D eigenvalue weighted by Gasteiger charge is 2.26. The molecule has 1 saturated carbocycles. The van der Waals surface area contributed by atoms with Gasteiger partial charge in [0.25, 0.3) is 0 Å². The van der Waals surface area contributed by atoms with Gasteiger partial charge in [-0.05, 0) is 36.3 Å². The van der Waals surface area contributed by atoms with Crippen molar-refractivity contribution in [1.29, 1.82) is 0 Å². The number of nitrogens with one attached hydrogen (secondary N) is 1. The fourth-order valence-electron chi connectivity index (χ4n) is 2.96. The quantitative estimate of drug-likeness (QED) is 0.860. The normalized spacial score (nSPS) is 25.1. The fraction of sp³-hybridized carbons (Fsp3) is 0.667. The summed E-state index contributed by atoms with van der Waals surface area (Å²) in [6, 6.07) is 4.86. The molecule has 1 fully saturated rings. The van der Waals surface area contributed by atoms with Crippen LogP contribution in [0.25, 0.3) is 0 Å². The number of rotatable bonds is 4. The van der Waals surface area contributed by atoms with E-state index in [0.717, 1.165) is 18.4 Å². The summed E-state index contributed by atoms with van der Waals surface area (Å²) in [5.74, 6) is 1.64. The average Bonchev–Trinajstić information content (AvgIpc) is 2.38. The van der Waals surface area contributed by atoms with Gasteiger partial charge in [-0.15, -0.1) is 0 Å². The first kappa shape index (κ1) is 12.6. The minimum absolute atomic E-state index is 0.698. The topological polar surface area (TPSA) is 24.9 Å². The number of hydrogen-bond acceptors (Lipinski definition) is 2. The average molecular weight is 232 g/mol. The van der Waals surface area contributed by atoms with E-state index in [1.165, 1.54) is 31.2 Å². The van der Waals surface area contributed by atoms with Crippen molar-refractivity contribution in [3.63, 3.8) is 0 Å². The summed E-state index contributed by atoms with van der Waals surface area (Å²) in [7, 11) is 0. The van der Waals surface area contributed by atoms with Crippen LogP contribution in [0.3, 0.4) is 0 Å². The molecule has 2 rings (SSSR count). The summed E-state index contributed by atoms with van der Waals surface area (Å²) in [5, 5.41) is 3.73. The van der Waals surface area contributed by atoms with E-state index >= 15 is 0 Å². The summed E-state index contributed by atoms with van der Waals surface area (Å²) in [4.78, 5) is 4.16. The van der Waals surface area contributed by atoms with Gasteiger partial charge in [-0.1, -0.05) is 32.8 Å². The van der Waals surface area contributed by atoms with E-state index in [0.29, 0.717) is 6.04 Å². The molecule has 1 aliphatic carbocycles. The molecule has 0 radical (unpaired) electrons.